The second-order valence-corrected chi connectivity index (χ2v) is 4.51. The standard InChI is InChI=1S/C13H17FN2O/c1-4-16-9(3)6-13(17)15-11-7-10(14)8(2)5-12(11)16/h5,7,9H,4,6H2,1-3H3,(H,15,17). The molecule has 1 aromatic carbocycles. The van der Waals surface area contributed by atoms with Crippen LogP contribution in [0.4, 0.5) is 15.8 Å². The highest BCUT2D eigenvalue weighted by Crippen LogP contribution is 2.33. The summed E-state index contributed by atoms with van der Waals surface area (Å²) in [6.07, 6.45) is 0.434. The van der Waals surface area contributed by atoms with Crippen molar-refractivity contribution in [2.75, 3.05) is 16.8 Å². The summed E-state index contributed by atoms with van der Waals surface area (Å²) in [6.45, 7) is 6.58. The van der Waals surface area contributed by atoms with Gasteiger partial charge in [-0.15, -0.1) is 0 Å². The van der Waals surface area contributed by atoms with Gasteiger partial charge in [-0.2, -0.15) is 0 Å². The van der Waals surface area contributed by atoms with Crippen molar-refractivity contribution in [1.82, 2.24) is 0 Å². The molecule has 2 rings (SSSR count). The van der Waals surface area contributed by atoms with E-state index in [0.29, 0.717) is 17.7 Å². The van der Waals surface area contributed by atoms with Crippen molar-refractivity contribution in [3.63, 3.8) is 0 Å². The van der Waals surface area contributed by atoms with E-state index < -0.39 is 0 Å². The van der Waals surface area contributed by atoms with E-state index in [4.69, 9.17) is 0 Å². The lowest BCUT2D eigenvalue weighted by molar-refractivity contribution is -0.116. The van der Waals surface area contributed by atoms with Crippen LogP contribution >= 0.6 is 0 Å². The molecule has 92 valence electrons. The van der Waals surface area contributed by atoms with Crippen molar-refractivity contribution >= 4 is 17.3 Å². The molecule has 0 bridgehead atoms. The first-order valence-corrected chi connectivity index (χ1v) is 5.89. The molecule has 0 fully saturated rings. The number of amides is 1. The highest BCUT2D eigenvalue weighted by Gasteiger charge is 2.24. The van der Waals surface area contributed by atoms with Gasteiger partial charge in [0.15, 0.2) is 0 Å². The van der Waals surface area contributed by atoms with Crippen molar-refractivity contribution in [3.8, 4) is 0 Å². The van der Waals surface area contributed by atoms with Crippen LogP contribution in [0.1, 0.15) is 25.8 Å². The van der Waals surface area contributed by atoms with E-state index in [1.807, 2.05) is 13.8 Å². The van der Waals surface area contributed by atoms with E-state index >= 15 is 0 Å². The molecule has 17 heavy (non-hydrogen) atoms. The van der Waals surface area contributed by atoms with Crippen LogP contribution in [0, 0.1) is 12.7 Å². The highest BCUT2D eigenvalue weighted by atomic mass is 19.1. The van der Waals surface area contributed by atoms with Gasteiger partial charge in [0.1, 0.15) is 5.82 Å². The summed E-state index contributed by atoms with van der Waals surface area (Å²) in [7, 11) is 0. The summed E-state index contributed by atoms with van der Waals surface area (Å²) in [5.74, 6) is -0.340. The fourth-order valence-corrected chi connectivity index (χ4v) is 2.30. The number of carbonyl (C=O) groups is 1. The van der Waals surface area contributed by atoms with Gasteiger partial charge in [-0.05, 0) is 38.5 Å². The molecule has 0 aromatic heterocycles. The van der Waals surface area contributed by atoms with E-state index in [2.05, 4.69) is 10.2 Å². The minimum Gasteiger partial charge on any atom is -0.367 e. The number of halogens is 1. The lowest BCUT2D eigenvalue weighted by atomic mass is 10.1. The summed E-state index contributed by atoms with van der Waals surface area (Å²) in [5, 5.41) is 2.76. The third-order valence-electron chi connectivity index (χ3n) is 3.21. The van der Waals surface area contributed by atoms with Gasteiger partial charge in [-0.25, -0.2) is 4.39 Å². The molecule has 1 aliphatic rings. The Hall–Kier alpha value is -1.58. The highest BCUT2D eigenvalue weighted by molar-refractivity contribution is 5.96. The van der Waals surface area contributed by atoms with Crippen molar-refractivity contribution in [3.05, 3.63) is 23.5 Å². The SMILES string of the molecule is CCN1c2cc(C)c(F)cc2NC(=O)CC1C. The van der Waals surface area contributed by atoms with Crippen LogP contribution in [0.2, 0.25) is 0 Å². The Morgan fingerprint density at radius 2 is 2.24 bits per heavy atom. The molecule has 1 atom stereocenters. The molecule has 4 heteroatoms. The summed E-state index contributed by atoms with van der Waals surface area (Å²) < 4.78 is 13.5. The molecule has 1 aromatic rings. The van der Waals surface area contributed by atoms with Crippen molar-refractivity contribution < 1.29 is 9.18 Å². The first-order chi connectivity index (χ1) is 8.02. The number of fused-ring (bicyclic) bond motifs is 1. The van der Waals surface area contributed by atoms with E-state index in [9.17, 15) is 9.18 Å². The largest absolute Gasteiger partial charge is 0.367 e. The molecule has 0 radical (unpaired) electrons. The average Bonchev–Trinajstić information content (AvgIpc) is 2.35. The Labute approximate surface area is 101 Å². The number of nitrogens with zero attached hydrogens (tertiary/aromatic N) is 1. The lowest BCUT2D eigenvalue weighted by Gasteiger charge is -2.28. The van der Waals surface area contributed by atoms with Crippen molar-refractivity contribution in [1.29, 1.82) is 0 Å². The third kappa shape index (κ3) is 2.12. The molecule has 1 amide bonds. The van der Waals surface area contributed by atoms with Crippen LogP contribution in [-0.4, -0.2) is 18.5 Å². The van der Waals surface area contributed by atoms with Crippen LogP contribution in [-0.2, 0) is 4.79 Å². The van der Waals surface area contributed by atoms with Gasteiger partial charge in [0.25, 0.3) is 0 Å². The zero-order valence-electron chi connectivity index (χ0n) is 10.4. The Morgan fingerprint density at radius 3 is 2.88 bits per heavy atom. The van der Waals surface area contributed by atoms with Crippen LogP contribution in [0.3, 0.4) is 0 Å². The molecular formula is C13H17FN2O. The first-order valence-electron chi connectivity index (χ1n) is 5.89. The molecule has 0 spiro atoms. The summed E-state index contributed by atoms with van der Waals surface area (Å²) in [4.78, 5) is 13.8. The van der Waals surface area contributed by atoms with Crippen molar-refractivity contribution in [2.45, 2.75) is 33.2 Å². The fourth-order valence-electron chi connectivity index (χ4n) is 2.30. The Balaban J connectivity index is 2.55. The zero-order chi connectivity index (χ0) is 12.6. The molecule has 0 aliphatic carbocycles. The number of rotatable bonds is 1. The Morgan fingerprint density at radius 1 is 1.53 bits per heavy atom. The monoisotopic (exact) mass is 236 g/mol. The zero-order valence-corrected chi connectivity index (χ0v) is 10.4. The van der Waals surface area contributed by atoms with Gasteiger partial charge < -0.3 is 10.2 Å². The quantitative estimate of drug-likeness (QED) is 0.813. The number of nitrogens with one attached hydrogen (secondary N) is 1. The smallest absolute Gasteiger partial charge is 0.226 e. The minimum atomic E-state index is -0.283. The molecular weight excluding hydrogens is 219 g/mol. The van der Waals surface area contributed by atoms with Crippen LogP contribution in [0.15, 0.2) is 12.1 Å². The lowest BCUT2D eigenvalue weighted by Crippen LogP contribution is -2.33. The maximum absolute atomic E-state index is 13.5. The Kier molecular flexibility index (Phi) is 3.05. The number of carbonyl (C=O) groups excluding carboxylic acids is 1. The second kappa shape index (κ2) is 4.35. The normalized spacial score (nSPS) is 19.6. The number of anilines is 2. The number of hydrogen-bond acceptors (Lipinski definition) is 2. The van der Waals surface area contributed by atoms with Crippen LogP contribution in [0.5, 0.6) is 0 Å². The molecule has 1 N–H and O–H groups in total. The Bertz CT molecular complexity index is 459. The van der Waals surface area contributed by atoms with E-state index in [-0.39, 0.29) is 17.8 Å². The average molecular weight is 236 g/mol. The summed E-state index contributed by atoms with van der Waals surface area (Å²) in [5.41, 5.74) is 2.08. The minimum absolute atomic E-state index is 0.0575. The number of aryl methyl sites for hydroxylation is 1. The third-order valence-corrected chi connectivity index (χ3v) is 3.21. The van der Waals surface area contributed by atoms with Gasteiger partial charge in [0.05, 0.1) is 11.4 Å². The molecule has 1 unspecified atom stereocenters. The number of hydrogen-bond donors (Lipinski definition) is 1. The van der Waals surface area contributed by atoms with Crippen LogP contribution < -0.4 is 10.2 Å². The summed E-state index contributed by atoms with van der Waals surface area (Å²) >= 11 is 0. The van der Waals surface area contributed by atoms with E-state index in [0.717, 1.165) is 12.2 Å². The molecule has 0 saturated heterocycles. The maximum atomic E-state index is 13.5. The van der Waals surface area contributed by atoms with Gasteiger partial charge in [0, 0.05) is 19.0 Å². The predicted molar refractivity (Wildman–Crippen MR) is 66.9 cm³/mol. The molecule has 3 nitrogen and oxygen atoms in total. The second-order valence-electron chi connectivity index (χ2n) is 4.51. The van der Waals surface area contributed by atoms with Crippen molar-refractivity contribution in [2.24, 2.45) is 0 Å². The molecule has 1 heterocycles. The van der Waals surface area contributed by atoms with Gasteiger partial charge in [0.2, 0.25) is 5.91 Å². The summed E-state index contributed by atoms with van der Waals surface area (Å²) in [6, 6.07) is 3.34. The van der Waals surface area contributed by atoms with Gasteiger partial charge in [-0.1, -0.05) is 0 Å². The fraction of sp³-hybridized carbons (Fsp3) is 0.462. The topological polar surface area (TPSA) is 32.3 Å². The van der Waals surface area contributed by atoms with E-state index in [1.54, 1.807) is 13.0 Å². The van der Waals surface area contributed by atoms with Crippen LogP contribution in [0.25, 0.3) is 0 Å². The molecule has 1 aliphatic heterocycles. The van der Waals surface area contributed by atoms with E-state index in [1.165, 1.54) is 6.07 Å². The predicted octanol–water partition coefficient (Wildman–Crippen LogP) is 2.69. The maximum Gasteiger partial charge on any atom is 0.226 e. The number of benzene rings is 1. The first kappa shape index (κ1) is 11.9. The van der Waals surface area contributed by atoms with Gasteiger partial charge >= 0.3 is 0 Å². The van der Waals surface area contributed by atoms with Gasteiger partial charge in [-0.3, -0.25) is 4.79 Å². The molecule has 0 saturated carbocycles.